The van der Waals surface area contributed by atoms with Crippen LogP contribution in [0.25, 0.3) is 0 Å². The molecule has 0 aliphatic carbocycles. The molecule has 2 rings (SSSR count). The molecule has 0 spiro atoms. The quantitative estimate of drug-likeness (QED) is 0.680. The fourth-order valence-corrected chi connectivity index (χ4v) is 1.91. The van der Waals surface area contributed by atoms with Crippen LogP contribution in [-0.4, -0.2) is 4.92 Å². The first kappa shape index (κ1) is 13.6. The first-order valence-corrected chi connectivity index (χ1v) is 6.08. The molecule has 5 nitrogen and oxygen atoms in total. The van der Waals surface area contributed by atoms with Gasteiger partial charge in [-0.1, -0.05) is 24.3 Å². The summed E-state index contributed by atoms with van der Waals surface area (Å²) in [4.78, 5) is 10.5. The van der Waals surface area contributed by atoms with Crippen molar-refractivity contribution in [3.8, 4) is 6.07 Å². The van der Waals surface area contributed by atoms with Crippen LogP contribution in [0.3, 0.4) is 0 Å². The number of aryl methyl sites for hydroxylation is 1. The average Bonchev–Trinajstić information content (AvgIpc) is 2.46. The van der Waals surface area contributed by atoms with Crippen LogP contribution in [0, 0.1) is 28.4 Å². The van der Waals surface area contributed by atoms with E-state index in [-0.39, 0.29) is 5.69 Å². The number of nitriles is 1. The number of nitrogens with zero attached hydrogens (tertiary/aromatic N) is 2. The summed E-state index contributed by atoms with van der Waals surface area (Å²) < 4.78 is 0. The SMILES string of the molecule is Cc1ccc(C#N)cc1NCc1ccccc1[N+](=O)[O-]. The minimum atomic E-state index is -0.393. The minimum Gasteiger partial charge on any atom is -0.380 e. The molecular weight excluding hydrogens is 254 g/mol. The Labute approximate surface area is 116 Å². The van der Waals surface area contributed by atoms with Gasteiger partial charge in [0.15, 0.2) is 0 Å². The molecule has 2 aromatic carbocycles. The molecule has 0 saturated heterocycles. The molecule has 5 heteroatoms. The molecule has 0 unspecified atom stereocenters. The van der Waals surface area contributed by atoms with Crippen molar-refractivity contribution in [2.45, 2.75) is 13.5 Å². The summed E-state index contributed by atoms with van der Waals surface area (Å²) >= 11 is 0. The van der Waals surface area contributed by atoms with Crippen molar-refractivity contribution in [1.82, 2.24) is 0 Å². The first-order chi connectivity index (χ1) is 9.61. The molecule has 0 amide bonds. The molecule has 1 N–H and O–H groups in total. The molecule has 100 valence electrons. The summed E-state index contributed by atoms with van der Waals surface area (Å²) in [6.45, 7) is 2.26. The predicted molar refractivity (Wildman–Crippen MR) is 76.3 cm³/mol. The Balaban J connectivity index is 2.21. The lowest BCUT2D eigenvalue weighted by molar-refractivity contribution is -0.385. The van der Waals surface area contributed by atoms with Crippen molar-refractivity contribution in [1.29, 1.82) is 5.26 Å². The number of nitro benzene ring substituents is 1. The Kier molecular flexibility index (Phi) is 3.96. The standard InChI is InChI=1S/C15H13N3O2/c1-11-6-7-12(9-16)8-14(11)17-10-13-4-2-3-5-15(13)18(19)20/h2-8,17H,10H2,1H3. The zero-order valence-electron chi connectivity index (χ0n) is 11.0. The summed E-state index contributed by atoms with van der Waals surface area (Å²) in [5.74, 6) is 0. The number of hydrogen-bond acceptors (Lipinski definition) is 4. The molecule has 0 aliphatic rings. The van der Waals surface area contributed by atoms with E-state index in [0.29, 0.717) is 17.7 Å². The molecule has 0 aromatic heterocycles. The number of anilines is 1. The molecule has 0 atom stereocenters. The Morgan fingerprint density at radius 3 is 2.75 bits per heavy atom. The molecule has 0 fully saturated rings. The summed E-state index contributed by atoms with van der Waals surface area (Å²) in [5.41, 5.74) is 3.05. The first-order valence-electron chi connectivity index (χ1n) is 6.08. The van der Waals surface area contributed by atoms with Gasteiger partial charge in [0.25, 0.3) is 5.69 Å². The second-order valence-electron chi connectivity index (χ2n) is 4.38. The second kappa shape index (κ2) is 5.85. The van der Waals surface area contributed by atoms with Crippen LogP contribution in [0.4, 0.5) is 11.4 Å². The zero-order valence-corrected chi connectivity index (χ0v) is 11.0. The van der Waals surface area contributed by atoms with E-state index < -0.39 is 4.92 Å². The van der Waals surface area contributed by atoms with Crippen LogP contribution >= 0.6 is 0 Å². The van der Waals surface area contributed by atoms with E-state index in [2.05, 4.69) is 11.4 Å². The lowest BCUT2D eigenvalue weighted by Crippen LogP contribution is -2.04. The molecule has 20 heavy (non-hydrogen) atoms. The van der Waals surface area contributed by atoms with Gasteiger partial charge in [-0.3, -0.25) is 10.1 Å². The van der Waals surface area contributed by atoms with E-state index in [0.717, 1.165) is 11.3 Å². The van der Waals surface area contributed by atoms with Crippen LogP contribution in [0.2, 0.25) is 0 Å². The van der Waals surface area contributed by atoms with Crippen LogP contribution in [0.5, 0.6) is 0 Å². The fourth-order valence-electron chi connectivity index (χ4n) is 1.91. The number of nitro groups is 1. The van der Waals surface area contributed by atoms with Gasteiger partial charge in [-0.15, -0.1) is 0 Å². The van der Waals surface area contributed by atoms with Crippen LogP contribution in [-0.2, 0) is 6.54 Å². The minimum absolute atomic E-state index is 0.0918. The van der Waals surface area contributed by atoms with Crippen molar-refractivity contribution < 1.29 is 4.92 Å². The van der Waals surface area contributed by atoms with Crippen LogP contribution < -0.4 is 5.32 Å². The van der Waals surface area contributed by atoms with Gasteiger partial charge in [-0.25, -0.2) is 0 Å². The van der Waals surface area contributed by atoms with Crippen LogP contribution in [0.1, 0.15) is 16.7 Å². The van der Waals surface area contributed by atoms with Crippen molar-refractivity contribution in [2.75, 3.05) is 5.32 Å². The van der Waals surface area contributed by atoms with Crippen molar-refractivity contribution in [2.24, 2.45) is 0 Å². The fraction of sp³-hybridized carbons (Fsp3) is 0.133. The van der Waals surface area contributed by atoms with Crippen LogP contribution in [0.15, 0.2) is 42.5 Å². The van der Waals surface area contributed by atoms with E-state index in [9.17, 15) is 10.1 Å². The van der Waals surface area contributed by atoms with E-state index in [4.69, 9.17) is 5.26 Å². The average molecular weight is 267 g/mol. The topological polar surface area (TPSA) is 79.0 Å². The maximum Gasteiger partial charge on any atom is 0.274 e. The highest BCUT2D eigenvalue weighted by atomic mass is 16.6. The summed E-state index contributed by atoms with van der Waals surface area (Å²) in [6.07, 6.45) is 0. The molecule has 0 bridgehead atoms. The van der Waals surface area contributed by atoms with E-state index >= 15 is 0 Å². The molecule has 2 aromatic rings. The van der Waals surface area contributed by atoms with E-state index in [1.165, 1.54) is 6.07 Å². The van der Waals surface area contributed by atoms with Crippen molar-refractivity contribution in [3.63, 3.8) is 0 Å². The van der Waals surface area contributed by atoms with Gasteiger partial charge < -0.3 is 5.32 Å². The monoisotopic (exact) mass is 267 g/mol. The maximum atomic E-state index is 10.9. The second-order valence-corrected chi connectivity index (χ2v) is 4.38. The van der Waals surface area contributed by atoms with Gasteiger partial charge in [0.05, 0.1) is 16.6 Å². The van der Waals surface area contributed by atoms with Crippen molar-refractivity contribution >= 4 is 11.4 Å². The third-order valence-corrected chi connectivity index (χ3v) is 3.02. The van der Waals surface area contributed by atoms with Gasteiger partial charge >= 0.3 is 0 Å². The number of hydrogen-bond donors (Lipinski definition) is 1. The van der Waals surface area contributed by atoms with E-state index in [1.54, 1.807) is 30.3 Å². The smallest absolute Gasteiger partial charge is 0.274 e. The number of para-hydroxylation sites is 1. The van der Waals surface area contributed by atoms with Crippen molar-refractivity contribution in [3.05, 3.63) is 69.3 Å². The highest BCUT2D eigenvalue weighted by Gasteiger charge is 2.12. The number of benzene rings is 2. The normalized spacial score (nSPS) is 9.80. The summed E-state index contributed by atoms with van der Waals surface area (Å²) in [7, 11) is 0. The molecular formula is C15H13N3O2. The Bertz CT molecular complexity index is 690. The molecule has 0 saturated carbocycles. The Hall–Kier alpha value is -2.87. The Morgan fingerprint density at radius 1 is 1.30 bits per heavy atom. The van der Waals surface area contributed by atoms with Gasteiger partial charge in [-0.2, -0.15) is 5.26 Å². The molecule has 0 radical (unpaired) electrons. The highest BCUT2D eigenvalue weighted by molar-refractivity contribution is 5.56. The third kappa shape index (κ3) is 2.93. The zero-order chi connectivity index (χ0) is 14.5. The third-order valence-electron chi connectivity index (χ3n) is 3.02. The largest absolute Gasteiger partial charge is 0.380 e. The Morgan fingerprint density at radius 2 is 2.05 bits per heavy atom. The molecule has 0 heterocycles. The number of rotatable bonds is 4. The number of nitrogens with one attached hydrogen (secondary N) is 1. The summed E-state index contributed by atoms with van der Waals surface area (Å²) in [5, 5.41) is 23.0. The lowest BCUT2D eigenvalue weighted by Gasteiger charge is -2.10. The lowest BCUT2D eigenvalue weighted by atomic mass is 10.1. The van der Waals surface area contributed by atoms with Gasteiger partial charge in [0.1, 0.15) is 0 Å². The summed E-state index contributed by atoms with van der Waals surface area (Å²) in [6, 6.07) is 14.0. The molecule has 0 aliphatic heterocycles. The predicted octanol–water partition coefficient (Wildman–Crippen LogP) is 3.39. The highest BCUT2D eigenvalue weighted by Crippen LogP contribution is 2.21. The van der Waals surface area contributed by atoms with E-state index in [1.807, 2.05) is 13.0 Å². The van der Waals surface area contributed by atoms with Gasteiger partial charge in [0.2, 0.25) is 0 Å². The van der Waals surface area contributed by atoms with Gasteiger partial charge in [0, 0.05) is 23.9 Å². The van der Waals surface area contributed by atoms with Gasteiger partial charge in [-0.05, 0) is 24.6 Å². The maximum absolute atomic E-state index is 10.9.